The molecule has 1 aliphatic carbocycles. The molecule has 0 aromatic rings. The van der Waals surface area contributed by atoms with Gasteiger partial charge >= 0.3 is 0 Å². The SMILES string of the molecule is N#CC(NCCCO)C1CC1. The van der Waals surface area contributed by atoms with Crippen LogP contribution in [0.5, 0.6) is 0 Å². The molecular formula is C8H14N2O. The van der Waals surface area contributed by atoms with Crippen LogP contribution in [0.4, 0.5) is 0 Å². The fraction of sp³-hybridized carbons (Fsp3) is 0.875. The van der Waals surface area contributed by atoms with Crippen molar-refractivity contribution < 1.29 is 5.11 Å². The Morgan fingerprint density at radius 3 is 2.82 bits per heavy atom. The van der Waals surface area contributed by atoms with Gasteiger partial charge in [0.05, 0.1) is 12.1 Å². The first-order chi connectivity index (χ1) is 5.38. The molecule has 0 heterocycles. The van der Waals surface area contributed by atoms with Gasteiger partial charge in [-0.25, -0.2) is 0 Å². The first-order valence-electron chi connectivity index (χ1n) is 4.12. The minimum atomic E-state index is 0.0292. The highest BCUT2D eigenvalue weighted by atomic mass is 16.3. The topological polar surface area (TPSA) is 56.0 Å². The van der Waals surface area contributed by atoms with E-state index >= 15 is 0 Å². The van der Waals surface area contributed by atoms with Gasteiger partial charge in [0.15, 0.2) is 0 Å². The van der Waals surface area contributed by atoms with Crippen LogP contribution < -0.4 is 5.32 Å². The smallest absolute Gasteiger partial charge is 0.0981 e. The highest BCUT2D eigenvalue weighted by Gasteiger charge is 2.30. The first kappa shape index (κ1) is 8.51. The number of aliphatic hydroxyl groups excluding tert-OH is 1. The van der Waals surface area contributed by atoms with Crippen molar-refractivity contribution in [2.45, 2.75) is 25.3 Å². The maximum Gasteiger partial charge on any atom is 0.0981 e. The van der Waals surface area contributed by atoms with Crippen molar-refractivity contribution >= 4 is 0 Å². The Morgan fingerprint density at radius 2 is 2.36 bits per heavy atom. The molecule has 0 spiro atoms. The van der Waals surface area contributed by atoms with E-state index in [1.165, 1.54) is 12.8 Å². The summed E-state index contributed by atoms with van der Waals surface area (Å²) in [6.45, 7) is 0.959. The van der Waals surface area contributed by atoms with E-state index < -0.39 is 0 Å². The van der Waals surface area contributed by atoms with Crippen LogP contribution in [0.2, 0.25) is 0 Å². The normalized spacial score (nSPS) is 19.3. The summed E-state index contributed by atoms with van der Waals surface area (Å²) in [7, 11) is 0. The zero-order valence-corrected chi connectivity index (χ0v) is 6.58. The lowest BCUT2D eigenvalue weighted by molar-refractivity contribution is 0.284. The van der Waals surface area contributed by atoms with Gasteiger partial charge in [0.25, 0.3) is 0 Å². The molecule has 2 N–H and O–H groups in total. The molecule has 11 heavy (non-hydrogen) atoms. The number of rotatable bonds is 5. The molecule has 0 aliphatic heterocycles. The Balaban J connectivity index is 2.07. The van der Waals surface area contributed by atoms with Crippen LogP contribution in [0.25, 0.3) is 0 Å². The molecule has 3 nitrogen and oxygen atoms in total. The Labute approximate surface area is 67.0 Å². The van der Waals surface area contributed by atoms with Gasteiger partial charge in [-0.15, -0.1) is 0 Å². The summed E-state index contributed by atoms with van der Waals surface area (Å²) in [5, 5.41) is 20.3. The van der Waals surface area contributed by atoms with Crippen LogP contribution in [0, 0.1) is 17.2 Å². The molecule has 0 amide bonds. The van der Waals surface area contributed by atoms with Crippen LogP contribution in [0.15, 0.2) is 0 Å². The van der Waals surface area contributed by atoms with E-state index in [4.69, 9.17) is 10.4 Å². The number of nitrogens with zero attached hydrogens (tertiary/aromatic N) is 1. The molecule has 0 aromatic heterocycles. The highest BCUT2D eigenvalue weighted by molar-refractivity contribution is 5.00. The molecular weight excluding hydrogens is 140 g/mol. The van der Waals surface area contributed by atoms with Crippen LogP contribution in [0.3, 0.4) is 0 Å². The highest BCUT2D eigenvalue weighted by Crippen LogP contribution is 2.32. The third kappa shape index (κ3) is 2.87. The van der Waals surface area contributed by atoms with Gasteiger partial charge in [0, 0.05) is 6.61 Å². The Hall–Kier alpha value is -0.590. The summed E-state index contributed by atoms with van der Waals surface area (Å²) < 4.78 is 0. The van der Waals surface area contributed by atoms with Crippen molar-refractivity contribution in [2.75, 3.05) is 13.2 Å². The van der Waals surface area contributed by atoms with Gasteiger partial charge in [0.2, 0.25) is 0 Å². The summed E-state index contributed by atoms with van der Waals surface area (Å²) in [5.74, 6) is 0.582. The van der Waals surface area contributed by atoms with Gasteiger partial charge in [0.1, 0.15) is 0 Å². The standard InChI is InChI=1S/C8H14N2O/c9-6-8(7-2-3-7)10-4-1-5-11/h7-8,10-11H,1-5H2. The number of hydrogen-bond acceptors (Lipinski definition) is 3. The van der Waals surface area contributed by atoms with E-state index in [0.717, 1.165) is 13.0 Å². The van der Waals surface area contributed by atoms with Crippen molar-refractivity contribution in [2.24, 2.45) is 5.92 Å². The van der Waals surface area contributed by atoms with Crippen molar-refractivity contribution in [1.82, 2.24) is 5.32 Å². The van der Waals surface area contributed by atoms with Crippen molar-refractivity contribution in [3.05, 3.63) is 0 Å². The summed E-state index contributed by atoms with van der Waals surface area (Å²) in [5.41, 5.74) is 0. The van der Waals surface area contributed by atoms with Gasteiger partial charge in [-0.05, 0) is 31.7 Å². The number of hydrogen-bond donors (Lipinski definition) is 2. The second kappa shape index (κ2) is 4.32. The molecule has 1 atom stereocenters. The molecule has 62 valence electrons. The lowest BCUT2D eigenvalue weighted by atomic mass is 10.2. The maximum absolute atomic E-state index is 8.66. The lowest BCUT2D eigenvalue weighted by Gasteiger charge is -2.08. The average molecular weight is 154 g/mol. The van der Waals surface area contributed by atoms with E-state index in [2.05, 4.69) is 11.4 Å². The Morgan fingerprint density at radius 1 is 1.64 bits per heavy atom. The quantitative estimate of drug-likeness (QED) is 0.558. The first-order valence-corrected chi connectivity index (χ1v) is 4.12. The van der Waals surface area contributed by atoms with Crippen LogP contribution in [0.1, 0.15) is 19.3 Å². The Bertz CT molecular complexity index is 149. The third-order valence-corrected chi connectivity index (χ3v) is 1.93. The minimum absolute atomic E-state index is 0.0292. The summed E-state index contributed by atoms with van der Waals surface area (Å²) in [6.07, 6.45) is 3.11. The minimum Gasteiger partial charge on any atom is -0.396 e. The maximum atomic E-state index is 8.66. The van der Waals surface area contributed by atoms with Crippen LogP contribution in [-0.4, -0.2) is 24.3 Å². The number of nitriles is 1. The third-order valence-electron chi connectivity index (χ3n) is 1.93. The fourth-order valence-corrected chi connectivity index (χ4v) is 1.08. The molecule has 1 saturated carbocycles. The fourth-order valence-electron chi connectivity index (χ4n) is 1.08. The van der Waals surface area contributed by atoms with E-state index in [9.17, 15) is 0 Å². The molecule has 0 saturated heterocycles. The van der Waals surface area contributed by atoms with E-state index in [1.807, 2.05) is 0 Å². The largest absolute Gasteiger partial charge is 0.396 e. The molecule has 1 fully saturated rings. The molecule has 0 radical (unpaired) electrons. The van der Waals surface area contributed by atoms with Crippen LogP contribution >= 0.6 is 0 Å². The molecule has 1 unspecified atom stereocenters. The summed E-state index contributed by atoms with van der Waals surface area (Å²) in [6, 6.07) is 2.26. The lowest BCUT2D eigenvalue weighted by Crippen LogP contribution is -2.30. The van der Waals surface area contributed by atoms with Crippen molar-refractivity contribution in [3.8, 4) is 6.07 Å². The van der Waals surface area contributed by atoms with Crippen molar-refractivity contribution in [3.63, 3.8) is 0 Å². The second-order valence-electron chi connectivity index (χ2n) is 2.98. The number of aliphatic hydroxyl groups is 1. The molecule has 3 heteroatoms. The predicted octanol–water partition coefficient (Wildman–Crippen LogP) is 0.261. The van der Waals surface area contributed by atoms with Gasteiger partial charge < -0.3 is 10.4 Å². The average Bonchev–Trinajstić information content (AvgIpc) is 2.81. The molecule has 1 aliphatic rings. The Kier molecular flexibility index (Phi) is 3.34. The second-order valence-corrected chi connectivity index (χ2v) is 2.98. The van der Waals surface area contributed by atoms with E-state index in [1.54, 1.807) is 0 Å². The van der Waals surface area contributed by atoms with E-state index in [0.29, 0.717) is 5.92 Å². The predicted molar refractivity (Wildman–Crippen MR) is 41.8 cm³/mol. The zero-order chi connectivity index (χ0) is 8.10. The molecule has 1 rings (SSSR count). The van der Waals surface area contributed by atoms with Crippen LogP contribution in [-0.2, 0) is 0 Å². The molecule has 0 aromatic carbocycles. The molecule has 0 bridgehead atoms. The van der Waals surface area contributed by atoms with E-state index in [-0.39, 0.29) is 12.6 Å². The monoisotopic (exact) mass is 154 g/mol. The number of nitrogens with one attached hydrogen (secondary N) is 1. The summed E-state index contributed by atoms with van der Waals surface area (Å²) >= 11 is 0. The van der Waals surface area contributed by atoms with Crippen molar-refractivity contribution in [1.29, 1.82) is 5.26 Å². The zero-order valence-electron chi connectivity index (χ0n) is 6.58. The summed E-state index contributed by atoms with van der Waals surface area (Å²) in [4.78, 5) is 0. The van der Waals surface area contributed by atoms with Gasteiger partial charge in [-0.2, -0.15) is 5.26 Å². The van der Waals surface area contributed by atoms with Gasteiger partial charge in [-0.1, -0.05) is 0 Å². The van der Waals surface area contributed by atoms with Gasteiger partial charge in [-0.3, -0.25) is 0 Å².